The van der Waals surface area contributed by atoms with E-state index in [4.69, 9.17) is 4.74 Å². The topological polar surface area (TPSA) is 87.7 Å². The molecule has 3 aromatic carbocycles. The van der Waals surface area contributed by atoms with Gasteiger partial charge >= 0.3 is 0 Å². The number of hydrogen-bond donors (Lipinski definition) is 2. The Morgan fingerprint density at radius 1 is 1.03 bits per heavy atom. The first-order valence-corrected chi connectivity index (χ1v) is 12.9. The van der Waals surface area contributed by atoms with E-state index in [0.717, 1.165) is 11.1 Å². The van der Waals surface area contributed by atoms with Crippen LogP contribution >= 0.6 is 0 Å². The van der Waals surface area contributed by atoms with Crippen molar-refractivity contribution in [2.75, 3.05) is 37.6 Å². The second kappa shape index (κ2) is 11.0. The van der Waals surface area contributed by atoms with Gasteiger partial charge in [0.2, 0.25) is 0 Å². The van der Waals surface area contributed by atoms with Gasteiger partial charge in [0.25, 0.3) is 15.9 Å². The molecular weight excluding hydrogens is 469 g/mol. The Labute approximate surface area is 205 Å². The zero-order chi connectivity index (χ0) is 24.8. The van der Waals surface area contributed by atoms with E-state index >= 15 is 0 Å². The van der Waals surface area contributed by atoms with Crippen LogP contribution in [0.5, 0.6) is 0 Å². The lowest BCUT2D eigenvalue weighted by Crippen LogP contribution is -2.43. The third-order valence-electron chi connectivity index (χ3n) is 5.91. The van der Waals surface area contributed by atoms with Crippen LogP contribution in [0.15, 0.2) is 77.7 Å². The molecule has 1 fully saturated rings. The second-order valence-corrected chi connectivity index (χ2v) is 10.1. The van der Waals surface area contributed by atoms with Gasteiger partial charge in [0.05, 0.1) is 24.2 Å². The second-order valence-electron chi connectivity index (χ2n) is 8.43. The molecule has 0 aliphatic carbocycles. The summed E-state index contributed by atoms with van der Waals surface area (Å²) >= 11 is 0. The zero-order valence-corrected chi connectivity index (χ0v) is 20.2. The molecule has 3 aromatic rings. The number of aryl methyl sites for hydroxylation is 1. The lowest BCUT2D eigenvalue weighted by Gasteiger charge is -2.35. The van der Waals surface area contributed by atoms with Gasteiger partial charge in [0.15, 0.2) is 0 Å². The van der Waals surface area contributed by atoms with Gasteiger partial charge in [0.1, 0.15) is 5.82 Å². The van der Waals surface area contributed by atoms with E-state index in [2.05, 4.69) is 14.9 Å². The van der Waals surface area contributed by atoms with Crippen LogP contribution < -0.4 is 10.0 Å². The number of morpholine rings is 1. The standard InChI is InChI=1S/C26H28FN3O4S/c1-19-5-11-23(12-6-19)29-35(32,33)24-4-2-3-21(17-24)26(31)28-18-25(30-13-15-34-16-14-30)20-7-9-22(27)10-8-20/h2-12,17,25,29H,13-16,18H2,1H3,(H,28,31)/t25-/m0/s1. The average molecular weight is 498 g/mol. The lowest BCUT2D eigenvalue weighted by molar-refractivity contribution is 0.0162. The van der Waals surface area contributed by atoms with Gasteiger partial charge in [-0.05, 0) is 55.0 Å². The molecule has 1 saturated heterocycles. The van der Waals surface area contributed by atoms with Crippen LogP contribution in [0, 0.1) is 12.7 Å². The Balaban J connectivity index is 1.48. The number of carbonyl (C=O) groups excluding carboxylic acids is 1. The van der Waals surface area contributed by atoms with E-state index in [1.165, 1.54) is 30.3 Å². The summed E-state index contributed by atoms with van der Waals surface area (Å²) in [6, 6.07) is 19.0. The van der Waals surface area contributed by atoms with Gasteiger partial charge < -0.3 is 10.1 Å². The molecule has 0 spiro atoms. The van der Waals surface area contributed by atoms with Crippen molar-refractivity contribution >= 4 is 21.6 Å². The third-order valence-corrected chi connectivity index (χ3v) is 7.29. The van der Waals surface area contributed by atoms with Crippen molar-refractivity contribution in [3.05, 3.63) is 95.3 Å². The SMILES string of the molecule is Cc1ccc(NS(=O)(=O)c2cccc(C(=O)NC[C@@H](c3ccc(F)cc3)N3CCOCC3)c2)cc1. The molecule has 0 unspecified atom stereocenters. The molecule has 7 nitrogen and oxygen atoms in total. The van der Waals surface area contributed by atoms with E-state index in [1.54, 1.807) is 30.3 Å². The van der Waals surface area contributed by atoms with Crippen molar-refractivity contribution in [2.24, 2.45) is 0 Å². The normalized spacial score (nSPS) is 15.4. The lowest BCUT2D eigenvalue weighted by atomic mass is 10.0. The number of carbonyl (C=O) groups is 1. The van der Waals surface area contributed by atoms with Gasteiger partial charge in [-0.2, -0.15) is 0 Å². The highest BCUT2D eigenvalue weighted by Gasteiger charge is 2.24. The van der Waals surface area contributed by atoms with Crippen molar-refractivity contribution in [3.8, 4) is 0 Å². The minimum absolute atomic E-state index is 0.00557. The van der Waals surface area contributed by atoms with Crippen LogP contribution in [0.4, 0.5) is 10.1 Å². The number of rotatable bonds is 8. The molecule has 2 N–H and O–H groups in total. The first kappa shape index (κ1) is 24.8. The molecule has 184 valence electrons. The maximum absolute atomic E-state index is 13.5. The van der Waals surface area contributed by atoms with E-state index in [9.17, 15) is 17.6 Å². The Kier molecular flexibility index (Phi) is 7.80. The molecule has 1 amide bonds. The summed E-state index contributed by atoms with van der Waals surface area (Å²) in [6.07, 6.45) is 0. The minimum Gasteiger partial charge on any atom is -0.379 e. The first-order chi connectivity index (χ1) is 16.8. The molecule has 0 bridgehead atoms. The molecule has 0 aromatic heterocycles. The highest BCUT2D eigenvalue weighted by molar-refractivity contribution is 7.92. The maximum Gasteiger partial charge on any atom is 0.261 e. The number of hydrogen-bond acceptors (Lipinski definition) is 5. The summed E-state index contributed by atoms with van der Waals surface area (Å²) < 4.78 is 47.1. The number of ether oxygens (including phenoxy) is 1. The van der Waals surface area contributed by atoms with Crippen LogP contribution in [0.1, 0.15) is 27.5 Å². The number of anilines is 1. The van der Waals surface area contributed by atoms with Crippen molar-refractivity contribution in [2.45, 2.75) is 17.9 Å². The molecule has 0 radical (unpaired) electrons. The predicted molar refractivity (Wildman–Crippen MR) is 132 cm³/mol. The van der Waals surface area contributed by atoms with Gasteiger partial charge in [-0.15, -0.1) is 0 Å². The van der Waals surface area contributed by atoms with Crippen molar-refractivity contribution in [1.29, 1.82) is 0 Å². The molecule has 35 heavy (non-hydrogen) atoms. The highest BCUT2D eigenvalue weighted by Crippen LogP contribution is 2.22. The number of nitrogens with one attached hydrogen (secondary N) is 2. The Morgan fingerprint density at radius 3 is 2.40 bits per heavy atom. The van der Waals surface area contributed by atoms with E-state index in [-0.39, 0.29) is 28.9 Å². The Hall–Kier alpha value is -3.27. The number of amides is 1. The van der Waals surface area contributed by atoms with E-state index in [0.29, 0.717) is 32.0 Å². The van der Waals surface area contributed by atoms with E-state index < -0.39 is 15.9 Å². The summed E-state index contributed by atoms with van der Waals surface area (Å²) in [5.41, 5.74) is 2.57. The summed E-state index contributed by atoms with van der Waals surface area (Å²) in [5, 5.41) is 2.91. The van der Waals surface area contributed by atoms with Gasteiger partial charge in [-0.3, -0.25) is 14.4 Å². The maximum atomic E-state index is 13.5. The summed E-state index contributed by atoms with van der Waals surface area (Å²) in [6.45, 7) is 4.74. The Morgan fingerprint density at radius 2 is 1.71 bits per heavy atom. The quantitative estimate of drug-likeness (QED) is 0.495. The summed E-state index contributed by atoms with van der Waals surface area (Å²) in [4.78, 5) is 15.1. The summed E-state index contributed by atoms with van der Waals surface area (Å²) in [7, 11) is -3.87. The van der Waals surface area contributed by atoms with Crippen molar-refractivity contribution in [1.82, 2.24) is 10.2 Å². The molecule has 1 aliphatic rings. The number of nitrogens with zero attached hydrogens (tertiary/aromatic N) is 1. The largest absolute Gasteiger partial charge is 0.379 e. The molecule has 0 saturated carbocycles. The molecule has 1 aliphatic heterocycles. The van der Waals surface area contributed by atoms with Crippen LogP contribution in [-0.4, -0.2) is 52.1 Å². The predicted octanol–water partition coefficient (Wildman–Crippen LogP) is 3.74. The third kappa shape index (κ3) is 6.45. The van der Waals surface area contributed by atoms with Crippen molar-refractivity contribution < 1.29 is 22.3 Å². The molecule has 9 heteroatoms. The van der Waals surface area contributed by atoms with Crippen LogP contribution in [-0.2, 0) is 14.8 Å². The van der Waals surface area contributed by atoms with Gasteiger partial charge in [0, 0.05) is 30.9 Å². The minimum atomic E-state index is -3.87. The number of sulfonamides is 1. The van der Waals surface area contributed by atoms with Gasteiger partial charge in [-0.1, -0.05) is 35.9 Å². The zero-order valence-electron chi connectivity index (χ0n) is 19.4. The van der Waals surface area contributed by atoms with Crippen LogP contribution in [0.25, 0.3) is 0 Å². The molecule has 1 heterocycles. The highest BCUT2D eigenvalue weighted by atomic mass is 32.2. The first-order valence-electron chi connectivity index (χ1n) is 11.4. The fourth-order valence-corrected chi connectivity index (χ4v) is 5.07. The number of halogens is 1. The molecule has 4 rings (SSSR count). The van der Waals surface area contributed by atoms with Crippen LogP contribution in [0.3, 0.4) is 0 Å². The number of benzene rings is 3. The van der Waals surface area contributed by atoms with E-state index in [1.807, 2.05) is 19.1 Å². The average Bonchev–Trinajstić information content (AvgIpc) is 2.87. The van der Waals surface area contributed by atoms with Gasteiger partial charge in [-0.25, -0.2) is 12.8 Å². The fourth-order valence-electron chi connectivity index (χ4n) is 3.96. The van der Waals surface area contributed by atoms with Crippen LogP contribution in [0.2, 0.25) is 0 Å². The smallest absolute Gasteiger partial charge is 0.261 e. The molecule has 1 atom stereocenters. The monoisotopic (exact) mass is 497 g/mol. The Bertz CT molecular complexity index is 1260. The van der Waals surface area contributed by atoms with Crippen molar-refractivity contribution in [3.63, 3.8) is 0 Å². The fraction of sp³-hybridized carbons (Fsp3) is 0.269. The molecular formula is C26H28FN3O4S. The summed E-state index contributed by atoms with van der Waals surface area (Å²) in [5.74, 6) is -0.714.